The van der Waals surface area contributed by atoms with Crippen LogP contribution in [0.2, 0.25) is 0 Å². The number of hydrogen-bond donors (Lipinski definition) is 1. The molecule has 0 spiro atoms. The fourth-order valence-corrected chi connectivity index (χ4v) is 2.41. The minimum atomic E-state index is -0.856. The SMILES string of the molecule is Cc1nn(C)c2ncc(C(=O)N3CC(C(=O)O)C3)cc12. The number of nitrogens with zero attached hydrogens (tertiary/aromatic N) is 4. The van der Waals surface area contributed by atoms with Gasteiger partial charge in [0.1, 0.15) is 0 Å². The van der Waals surface area contributed by atoms with E-state index in [1.54, 1.807) is 17.8 Å². The molecule has 1 amide bonds. The van der Waals surface area contributed by atoms with E-state index >= 15 is 0 Å². The van der Waals surface area contributed by atoms with Crippen LogP contribution in [0.15, 0.2) is 12.3 Å². The molecule has 7 nitrogen and oxygen atoms in total. The number of carboxylic acid groups (broad SMARTS) is 1. The summed E-state index contributed by atoms with van der Waals surface area (Å²) in [5, 5.41) is 13.9. The summed E-state index contributed by atoms with van der Waals surface area (Å²) in [6.07, 6.45) is 1.51. The summed E-state index contributed by atoms with van der Waals surface area (Å²) in [6.45, 7) is 2.39. The molecular formula is C13H14N4O3. The lowest BCUT2D eigenvalue weighted by molar-refractivity contribution is -0.146. The van der Waals surface area contributed by atoms with E-state index < -0.39 is 11.9 Å². The fourth-order valence-electron chi connectivity index (χ4n) is 2.41. The number of rotatable bonds is 2. The van der Waals surface area contributed by atoms with Gasteiger partial charge in [-0.25, -0.2) is 4.98 Å². The van der Waals surface area contributed by atoms with Crippen LogP contribution in [0.3, 0.4) is 0 Å². The van der Waals surface area contributed by atoms with Gasteiger partial charge in [-0.1, -0.05) is 0 Å². The number of aliphatic carboxylic acids is 1. The standard InChI is InChI=1S/C13H14N4O3/c1-7-10-3-8(4-14-11(10)16(2)15-7)12(18)17-5-9(6-17)13(19)20/h3-4,9H,5-6H2,1-2H3,(H,19,20). The summed E-state index contributed by atoms with van der Waals surface area (Å²) in [5.74, 6) is -1.48. The summed E-state index contributed by atoms with van der Waals surface area (Å²) >= 11 is 0. The average Bonchev–Trinajstić information content (AvgIpc) is 2.62. The molecule has 0 unspecified atom stereocenters. The van der Waals surface area contributed by atoms with Crippen molar-refractivity contribution in [3.63, 3.8) is 0 Å². The van der Waals surface area contributed by atoms with Gasteiger partial charge in [-0.05, 0) is 13.0 Å². The van der Waals surface area contributed by atoms with Crippen molar-refractivity contribution >= 4 is 22.9 Å². The van der Waals surface area contributed by atoms with Gasteiger partial charge in [0.15, 0.2) is 5.65 Å². The largest absolute Gasteiger partial charge is 0.481 e. The van der Waals surface area contributed by atoms with Gasteiger partial charge in [0.2, 0.25) is 0 Å². The third kappa shape index (κ3) is 1.82. The van der Waals surface area contributed by atoms with Crippen LogP contribution >= 0.6 is 0 Å². The normalized spacial score (nSPS) is 15.4. The Bertz CT molecular complexity index is 716. The molecule has 1 fully saturated rings. The van der Waals surface area contributed by atoms with Gasteiger partial charge in [-0.3, -0.25) is 14.3 Å². The van der Waals surface area contributed by atoms with Crippen molar-refractivity contribution < 1.29 is 14.7 Å². The van der Waals surface area contributed by atoms with Gasteiger partial charge < -0.3 is 10.0 Å². The summed E-state index contributed by atoms with van der Waals surface area (Å²) in [6, 6.07) is 1.76. The number of aromatic nitrogens is 3. The number of hydrogen-bond acceptors (Lipinski definition) is 4. The smallest absolute Gasteiger partial charge is 0.310 e. The number of fused-ring (bicyclic) bond motifs is 1. The van der Waals surface area contributed by atoms with Crippen molar-refractivity contribution in [2.75, 3.05) is 13.1 Å². The van der Waals surface area contributed by atoms with Crippen LogP contribution in [0, 0.1) is 12.8 Å². The van der Waals surface area contributed by atoms with E-state index in [2.05, 4.69) is 10.1 Å². The molecule has 0 aliphatic carbocycles. The van der Waals surface area contributed by atoms with Crippen LogP contribution in [0.25, 0.3) is 11.0 Å². The number of amides is 1. The van der Waals surface area contributed by atoms with E-state index in [0.717, 1.165) is 16.7 Å². The molecule has 0 saturated carbocycles. The van der Waals surface area contributed by atoms with Gasteiger partial charge in [0, 0.05) is 31.7 Å². The van der Waals surface area contributed by atoms with Crippen LogP contribution in [-0.2, 0) is 11.8 Å². The first-order chi connectivity index (χ1) is 9.47. The van der Waals surface area contributed by atoms with Crippen molar-refractivity contribution in [3.05, 3.63) is 23.5 Å². The van der Waals surface area contributed by atoms with Crippen molar-refractivity contribution in [1.29, 1.82) is 0 Å². The van der Waals surface area contributed by atoms with Crippen LogP contribution in [-0.4, -0.2) is 49.7 Å². The lowest BCUT2D eigenvalue weighted by Crippen LogP contribution is -2.53. The first-order valence-electron chi connectivity index (χ1n) is 6.29. The second-order valence-corrected chi connectivity index (χ2v) is 5.05. The molecule has 1 N–H and O–H groups in total. The Kier molecular flexibility index (Phi) is 2.70. The molecular weight excluding hydrogens is 260 g/mol. The second-order valence-electron chi connectivity index (χ2n) is 5.05. The Hall–Kier alpha value is -2.44. The molecule has 2 aromatic heterocycles. The maximum atomic E-state index is 12.2. The Morgan fingerprint density at radius 1 is 1.40 bits per heavy atom. The van der Waals surface area contributed by atoms with E-state index in [4.69, 9.17) is 5.11 Å². The average molecular weight is 274 g/mol. The summed E-state index contributed by atoms with van der Waals surface area (Å²) in [5.41, 5.74) is 2.01. The van der Waals surface area contributed by atoms with Crippen molar-refractivity contribution in [2.45, 2.75) is 6.92 Å². The minimum Gasteiger partial charge on any atom is -0.481 e. The van der Waals surface area contributed by atoms with Crippen LogP contribution in [0.1, 0.15) is 16.1 Å². The number of likely N-dealkylation sites (tertiary alicyclic amines) is 1. The van der Waals surface area contributed by atoms with Crippen molar-refractivity contribution in [1.82, 2.24) is 19.7 Å². The highest BCUT2D eigenvalue weighted by Crippen LogP contribution is 2.21. The zero-order valence-corrected chi connectivity index (χ0v) is 11.2. The molecule has 0 radical (unpaired) electrons. The second kappa shape index (κ2) is 4.29. The predicted molar refractivity (Wildman–Crippen MR) is 70.3 cm³/mol. The number of carbonyl (C=O) groups excluding carboxylic acids is 1. The minimum absolute atomic E-state index is 0.180. The highest BCUT2D eigenvalue weighted by atomic mass is 16.4. The fraction of sp³-hybridized carbons (Fsp3) is 0.385. The number of carbonyl (C=O) groups is 2. The molecule has 3 rings (SSSR count). The van der Waals surface area contributed by atoms with Crippen molar-refractivity contribution in [3.8, 4) is 0 Å². The molecule has 104 valence electrons. The maximum absolute atomic E-state index is 12.2. The van der Waals surface area contributed by atoms with Crippen LogP contribution in [0.4, 0.5) is 0 Å². The van der Waals surface area contributed by atoms with E-state index in [1.807, 2.05) is 6.92 Å². The Morgan fingerprint density at radius 3 is 2.75 bits per heavy atom. The van der Waals surface area contributed by atoms with E-state index in [9.17, 15) is 9.59 Å². The lowest BCUT2D eigenvalue weighted by atomic mass is 9.99. The number of pyridine rings is 1. The van der Waals surface area contributed by atoms with Crippen molar-refractivity contribution in [2.24, 2.45) is 13.0 Å². The number of aryl methyl sites for hydroxylation is 2. The molecule has 1 saturated heterocycles. The topological polar surface area (TPSA) is 88.3 Å². The van der Waals surface area contributed by atoms with Gasteiger partial charge in [0.05, 0.1) is 17.2 Å². The molecule has 0 aromatic carbocycles. The summed E-state index contributed by atoms with van der Waals surface area (Å²) < 4.78 is 1.67. The van der Waals surface area contributed by atoms with E-state index in [0.29, 0.717) is 5.56 Å². The first-order valence-corrected chi connectivity index (χ1v) is 6.29. The molecule has 1 aliphatic heterocycles. The molecule has 3 heterocycles. The van der Waals surface area contributed by atoms with Gasteiger partial charge in [-0.2, -0.15) is 5.10 Å². The number of carboxylic acids is 1. The first kappa shape index (κ1) is 12.6. The van der Waals surface area contributed by atoms with Gasteiger partial charge >= 0.3 is 5.97 Å². The highest BCUT2D eigenvalue weighted by molar-refractivity contribution is 5.98. The van der Waals surface area contributed by atoms with Gasteiger partial charge in [0.25, 0.3) is 5.91 Å². The third-order valence-electron chi connectivity index (χ3n) is 3.63. The molecule has 7 heteroatoms. The monoisotopic (exact) mass is 274 g/mol. The van der Waals surface area contributed by atoms with Crippen LogP contribution < -0.4 is 0 Å². The maximum Gasteiger partial charge on any atom is 0.310 e. The van der Waals surface area contributed by atoms with Crippen LogP contribution in [0.5, 0.6) is 0 Å². The summed E-state index contributed by atoms with van der Waals surface area (Å²) in [4.78, 5) is 28.7. The molecule has 2 aromatic rings. The predicted octanol–water partition coefficient (Wildman–Crippen LogP) is 0.433. The molecule has 0 bridgehead atoms. The lowest BCUT2D eigenvalue weighted by Gasteiger charge is -2.36. The highest BCUT2D eigenvalue weighted by Gasteiger charge is 2.36. The Morgan fingerprint density at radius 2 is 2.10 bits per heavy atom. The zero-order valence-electron chi connectivity index (χ0n) is 11.2. The Balaban J connectivity index is 1.86. The van der Waals surface area contributed by atoms with E-state index in [1.165, 1.54) is 11.1 Å². The Labute approximate surface area is 114 Å². The summed E-state index contributed by atoms with van der Waals surface area (Å²) in [7, 11) is 1.80. The molecule has 0 atom stereocenters. The third-order valence-corrected chi connectivity index (χ3v) is 3.63. The molecule has 20 heavy (non-hydrogen) atoms. The van der Waals surface area contributed by atoms with E-state index in [-0.39, 0.29) is 19.0 Å². The molecule has 1 aliphatic rings. The quantitative estimate of drug-likeness (QED) is 0.858. The van der Waals surface area contributed by atoms with Gasteiger partial charge in [-0.15, -0.1) is 0 Å². The zero-order chi connectivity index (χ0) is 14.4.